The van der Waals surface area contributed by atoms with Gasteiger partial charge in [0, 0.05) is 23.3 Å². The largest absolute Gasteiger partial charge is 0.454 e. The van der Waals surface area contributed by atoms with E-state index >= 15 is 0 Å². The summed E-state index contributed by atoms with van der Waals surface area (Å²) in [6.07, 6.45) is 1.83. The fourth-order valence-corrected chi connectivity index (χ4v) is 6.68. The molecule has 0 fully saturated rings. The molecule has 0 aliphatic heterocycles. The second-order valence-corrected chi connectivity index (χ2v) is 11.6. The fourth-order valence-electron chi connectivity index (χ4n) is 6.68. The first-order valence-corrected chi connectivity index (χ1v) is 15.5. The third-order valence-electron chi connectivity index (χ3n) is 8.91. The van der Waals surface area contributed by atoms with Crippen LogP contribution in [-0.4, -0.2) is 4.98 Å². The second-order valence-electron chi connectivity index (χ2n) is 11.6. The third-order valence-corrected chi connectivity index (χ3v) is 8.91. The number of benzene rings is 7. The van der Waals surface area contributed by atoms with Gasteiger partial charge in [-0.05, 0) is 104 Å². The molecule has 2 aromatic heterocycles. The van der Waals surface area contributed by atoms with E-state index in [4.69, 9.17) is 4.42 Å². The molecule has 46 heavy (non-hydrogen) atoms. The maximum atomic E-state index is 6.12. The number of hydrogen-bond donors (Lipinski definition) is 0. The molecule has 2 heterocycles. The molecule has 7 aromatic carbocycles. The number of para-hydroxylation sites is 1. The Morgan fingerprint density at radius 2 is 1.09 bits per heavy atom. The highest BCUT2D eigenvalue weighted by molar-refractivity contribution is 6.18. The number of rotatable bonds is 5. The molecule has 0 amide bonds. The van der Waals surface area contributed by atoms with E-state index in [0.717, 1.165) is 55.6 Å². The Labute approximate surface area is 266 Å². The van der Waals surface area contributed by atoms with Gasteiger partial charge in [0.25, 0.3) is 0 Å². The molecule has 0 radical (unpaired) electrons. The number of fused-ring (bicyclic) bond motifs is 6. The van der Waals surface area contributed by atoms with Crippen LogP contribution >= 0.6 is 0 Å². The molecular weight excluding hydrogens is 560 g/mol. The first-order chi connectivity index (χ1) is 22.8. The van der Waals surface area contributed by atoms with Crippen molar-refractivity contribution in [2.75, 3.05) is 4.90 Å². The van der Waals surface area contributed by atoms with Crippen molar-refractivity contribution in [1.82, 2.24) is 4.98 Å². The van der Waals surface area contributed by atoms with Gasteiger partial charge < -0.3 is 9.32 Å². The van der Waals surface area contributed by atoms with Gasteiger partial charge in [-0.25, -0.2) is 0 Å². The summed E-state index contributed by atoms with van der Waals surface area (Å²) in [7, 11) is 0. The van der Waals surface area contributed by atoms with Crippen LogP contribution in [0.3, 0.4) is 0 Å². The lowest BCUT2D eigenvalue weighted by Crippen LogP contribution is -2.09. The number of anilines is 3. The van der Waals surface area contributed by atoms with Crippen molar-refractivity contribution >= 4 is 60.7 Å². The Morgan fingerprint density at radius 3 is 1.91 bits per heavy atom. The van der Waals surface area contributed by atoms with E-state index in [1.54, 1.807) is 0 Å². The van der Waals surface area contributed by atoms with Crippen molar-refractivity contribution in [3.05, 3.63) is 170 Å². The van der Waals surface area contributed by atoms with Crippen molar-refractivity contribution < 1.29 is 4.42 Å². The van der Waals surface area contributed by atoms with Gasteiger partial charge in [-0.3, -0.25) is 4.98 Å². The lowest BCUT2D eigenvalue weighted by Gasteiger charge is -2.26. The topological polar surface area (TPSA) is 29.3 Å². The summed E-state index contributed by atoms with van der Waals surface area (Å²) < 4.78 is 6.12. The molecule has 9 rings (SSSR count). The number of nitrogens with zero attached hydrogens (tertiary/aromatic N) is 2. The summed E-state index contributed by atoms with van der Waals surface area (Å²) in [5, 5.41) is 5.89. The minimum atomic E-state index is 0.811. The van der Waals surface area contributed by atoms with E-state index in [1.165, 1.54) is 27.3 Å². The monoisotopic (exact) mass is 588 g/mol. The summed E-state index contributed by atoms with van der Waals surface area (Å²) in [4.78, 5) is 6.96. The van der Waals surface area contributed by atoms with Crippen molar-refractivity contribution in [3.63, 3.8) is 0 Å². The summed E-state index contributed by atoms with van der Waals surface area (Å²) >= 11 is 0. The number of pyridine rings is 1. The molecule has 3 heteroatoms. The van der Waals surface area contributed by atoms with Gasteiger partial charge in [0.2, 0.25) is 0 Å². The molecule has 0 saturated heterocycles. The van der Waals surface area contributed by atoms with E-state index in [-0.39, 0.29) is 0 Å². The quantitative estimate of drug-likeness (QED) is 0.200. The molecule has 216 valence electrons. The van der Waals surface area contributed by atoms with Crippen molar-refractivity contribution in [3.8, 4) is 22.3 Å². The molecule has 0 atom stereocenters. The summed E-state index contributed by atoms with van der Waals surface area (Å²) in [5.74, 6) is 0. The van der Waals surface area contributed by atoms with Crippen LogP contribution in [0.25, 0.3) is 65.9 Å². The van der Waals surface area contributed by atoms with E-state index in [1.807, 2.05) is 24.4 Å². The molecule has 0 aliphatic carbocycles. The summed E-state index contributed by atoms with van der Waals surface area (Å²) in [6.45, 7) is 0. The van der Waals surface area contributed by atoms with Gasteiger partial charge in [0.1, 0.15) is 11.1 Å². The van der Waals surface area contributed by atoms with Gasteiger partial charge in [-0.2, -0.15) is 0 Å². The van der Waals surface area contributed by atoms with Crippen molar-refractivity contribution in [2.45, 2.75) is 0 Å². The summed E-state index contributed by atoms with van der Waals surface area (Å²) in [5.41, 5.74) is 10.6. The SMILES string of the molecule is c1ccc(N(c2ccc(-c3ccc4ccc5oc6cccnc6c5c4c3)cc2)c2ccc(-c3cccc4ccccc34)cc2)cc1. The predicted molar refractivity (Wildman–Crippen MR) is 192 cm³/mol. The molecular formula is C43H28N2O. The van der Waals surface area contributed by atoms with E-state index in [0.29, 0.717) is 0 Å². The van der Waals surface area contributed by atoms with Crippen LogP contribution in [0.15, 0.2) is 174 Å². The highest BCUT2D eigenvalue weighted by Gasteiger charge is 2.15. The van der Waals surface area contributed by atoms with Crippen molar-refractivity contribution in [1.29, 1.82) is 0 Å². The first kappa shape index (κ1) is 26.2. The van der Waals surface area contributed by atoms with Crippen LogP contribution in [0.5, 0.6) is 0 Å². The van der Waals surface area contributed by atoms with Crippen LogP contribution in [0.4, 0.5) is 17.1 Å². The van der Waals surface area contributed by atoms with E-state index in [9.17, 15) is 0 Å². The van der Waals surface area contributed by atoms with Gasteiger partial charge in [-0.1, -0.05) is 103 Å². The van der Waals surface area contributed by atoms with Crippen LogP contribution < -0.4 is 4.90 Å². The van der Waals surface area contributed by atoms with Gasteiger partial charge >= 0.3 is 0 Å². The molecule has 0 spiro atoms. The van der Waals surface area contributed by atoms with Gasteiger partial charge in [0.05, 0.1) is 5.39 Å². The highest BCUT2D eigenvalue weighted by Crippen LogP contribution is 2.39. The lowest BCUT2D eigenvalue weighted by molar-refractivity contribution is 0.668. The maximum absolute atomic E-state index is 6.12. The second kappa shape index (κ2) is 10.8. The minimum absolute atomic E-state index is 0.811. The Hall–Kier alpha value is -6.19. The average molecular weight is 589 g/mol. The minimum Gasteiger partial charge on any atom is -0.454 e. The number of furan rings is 1. The Morgan fingerprint density at radius 1 is 0.435 bits per heavy atom. The number of aromatic nitrogens is 1. The predicted octanol–water partition coefficient (Wildman–Crippen LogP) is 12.1. The Balaban J connectivity index is 1.10. The molecule has 0 N–H and O–H groups in total. The Kier molecular flexibility index (Phi) is 6.14. The number of hydrogen-bond acceptors (Lipinski definition) is 3. The lowest BCUT2D eigenvalue weighted by atomic mass is 9.98. The molecule has 0 aliphatic rings. The van der Waals surface area contributed by atoms with Crippen LogP contribution in [-0.2, 0) is 0 Å². The molecule has 0 bridgehead atoms. The van der Waals surface area contributed by atoms with Crippen molar-refractivity contribution in [2.24, 2.45) is 0 Å². The van der Waals surface area contributed by atoms with Gasteiger partial charge in [0.15, 0.2) is 5.58 Å². The first-order valence-electron chi connectivity index (χ1n) is 15.5. The van der Waals surface area contributed by atoms with Crippen LogP contribution in [0.1, 0.15) is 0 Å². The molecule has 9 aromatic rings. The van der Waals surface area contributed by atoms with Crippen LogP contribution in [0, 0.1) is 0 Å². The molecule has 3 nitrogen and oxygen atoms in total. The molecule has 0 saturated carbocycles. The standard InChI is InChI=1S/C43H28N2O/c1-2-10-34(11-3-1)45(36-24-19-31(20-25-36)38-13-6-9-30-8-4-5-12-37(30)38)35-22-17-29(18-23-35)33-16-15-32-21-26-40-42(39(32)28-33)43-41(46-40)14-7-27-44-43/h1-28H. The third kappa shape index (κ3) is 4.41. The molecule has 0 unspecified atom stereocenters. The maximum Gasteiger partial charge on any atom is 0.153 e. The fraction of sp³-hybridized carbons (Fsp3) is 0. The van der Waals surface area contributed by atoms with E-state index < -0.39 is 0 Å². The smallest absolute Gasteiger partial charge is 0.153 e. The zero-order valence-electron chi connectivity index (χ0n) is 25.0. The van der Waals surface area contributed by atoms with Crippen LogP contribution in [0.2, 0.25) is 0 Å². The average Bonchev–Trinajstić information content (AvgIpc) is 3.52. The Bertz CT molecular complexity index is 2510. The van der Waals surface area contributed by atoms with E-state index in [2.05, 4.69) is 155 Å². The zero-order valence-corrected chi connectivity index (χ0v) is 25.0. The highest BCUT2D eigenvalue weighted by atomic mass is 16.3. The van der Waals surface area contributed by atoms with Gasteiger partial charge in [-0.15, -0.1) is 0 Å². The normalized spacial score (nSPS) is 11.5. The summed E-state index contributed by atoms with van der Waals surface area (Å²) in [6, 6.07) is 58.1. The zero-order chi connectivity index (χ0) is 30.5.